The molecule has 0 spiro atoms. The predicted octanol–water partition coefficient (Wildman–Crippen LogP) is 7.53. The third-order valence-electron chi connectivity index (χ3n) is 5.74. The van der Waals surface area contributed by atoms with Crippen molar-refractivity contribution in [1.29, 1.82) is 0 Å². The van der Waals surface area contributed by atoms with Crippen LogP contribution in [0.3, 0.4) is 0 Å². The first-order valence-corrected chi connectivity index (χ1v) is 11.7. The predicted molar refractivity (Wildman–Crippen MR) is 131 cm³/mol. The zero-order chi connectivity index (χ0) is 24.8. The Balaban J connectivity index is 1.54. The van der Waals surface area contributed by atoms with Crippen LogP contribution in [-0.2, 0) is 11.2 Å². The van der Waals surface area contributed by atoms with Crippen molar-refractivity contribution in [3.05, 3.63) is 98.5 Å². The fourth-order valence-electron chi connectivity index (χ4n) is 3.92. The van der Waals surface area contributed by atoms with Gasteiger partial charge in [0.05, 0.1) is 16.0 Å². The highest BCUT2D eigenvalue weighted by Gasteiger charge is 2.67. The molecule has 3 aromatic rings. The van der Waals surface area contributed by atoms with Crippen LogP contribution in [0.1, 0.15) is 33.0 Å². The van der Waals surface area contributed by atoms with E-state index in [9.17, 15) is 18.4 Å². The maximum absolute atomic E-state index is 13.5. The van der Waals surface area contributed by atoms with Gasteiger partial charge < -0.3 is 5.32 Å². The van der Waals surface area contributed by atoms with E-state index in [1.54, 1.807) is 13.0 Å². The molecule has 9 heteroatoms. The molecule has 2 atom stereocenters. The maximum atomic E-state index is 13.5. The number of benzene rings is 3. The Morgan fingerprint density at radius 2 is 1.68 bits per heavy atom. The van der Waals surface area contributed by atoms with Gasteiger partial charge >= 0.3 is 0 Å². The minimum atomic E-state index is -1.39. The molecule has 0 radical (unpaired) electrons. The fraction of sp³-hybridized carbons (Fsp3) is 0.200. The van der Waals surface area contributed by atoms with Gasteiger partial charge in [0.1, 0.15) is 16.0 Å². The van der Waals surface area contributed by atoms with Crippen molar-refractivity contribution >= 4 is 63.8 Å². The lowest BCUT2D eigenvalue weighted by Crippen LogP contribution is -2.18. The van der Waals surface area contributed by atoms with E-state index in [2.05, 4.69) is 5.32 Å². The van der Waals surface area contributed by atoms with Crippen molar-refractivity contribution < 1.29 is 18.4 Å². The van der Waals surface area contributed by atoms with Crippen LogP contribution in [0.2, 0.25) is 10.0 Å². The van der Waals surface area contributed by atoms with Crippen molar-refractivity contribution in [1.82, 2.24) is 0 Å². The third kappa shape index (κ3) is 4.94. The number of carbonyl (C=O) groups excluding carboxylic acids is 2. The standard InChI is InChI=1S/C25H17Cl4F2NO2/c1-12-8-16(11-17(23(12)27)20(33)9-13-2-5-15(30)6-3-13)32-24(34)22-21(25(22,28)29)14-4-7-19(31)18(26)10-14/h2-8,10-11,21-22H,9H2,1H3,(H,32,34). The number of rotatable bonds is 6. The van der Waals surface area contributed by atoms with Crippen LogP contribution in [-0.4, -0.2) is 16.0 Å². The van der Waals surface area contributed by atoms with Crippen LogP contribution in [0.15, 0.2) is 54.6 Å². The Morgan fingerprint density at radius 1 is 1.00 bits per heavy atom. The molecule has 0 aromatic heterocycles. The number of hydrogen-bond acceptors (Lipinski definition) is 2. The number of carbonyl (C=O) groups is 2. The van der Waals surface area contributed by atoms with Gasteiger partial charge in [0.2, 0.25) is 5.91 Å². The first-order valence-electron chi connectivity index (χ1n) is 10.2. The Morgan fingerprint density at radius 3 is 2.32 bits per heavy atom. The van der Waals surface area contributed by atoms with Gasteiger partial charge in [0.15, 0.2) is 5.78 Å². The molecule has 2 unspecified atom stereocenters. The molecule has 1 aliphatic rings. The van der Waals surface area contributed by atoms with Crippen LogP contribution < -0.4 is 5.32 Å². The van der Waals surface area contributed by atoms with Crippen LogP contribution in [0, 0.1) is 24.5 Å². The minimum Gasteiger partial charge on any atom is -0.326 e. The molecule has 0 aliphatic heterocycles. The zero-order valence-electron chi connectivity index (χ0n) is 17.6. The summed E-state index contributed by atoms with van der Waals surface area (Å²) in [6.45, 7) is 1.71. The Labute approximate surface area is 215 Å². The van der Waals surface area contributed by atoms with Gasteiger partial charge in [0.25, 0.3) is 0 Å². The maximum Gasteiger partial charge on any atom is 0.231 e. The summed E-state index contributed by atoms with van der Waals surface area (Å²) in [4.78, 5) is 25.9. The number of nitrogens with one attached hydrogen (secondary N) is 1. The highest BCUT2D eigenvalue weighted by atomic mass is 35.5. The van der Waals surface area contributed by atoms with E-state index in [1.807, 2.05) is 0 Å². The summed E-state index contributed by atoms with van der Waals surface area (Å²) >= 11 is 24.9. The lowest BCUT2D eigenvalue weighted by atomic mass is 10.0. The van der Waals surface area contributed by atoms with E-state index in [-0.39, 0.29) is 27.8 Å². The molecule has 0 heterocycles. The van der Waals surface area contributed by atoms with Crippen molar-refractivity contribution in [2.24, 2.45) is 5.92 Å². The van der Waals surface area contributed by atoms with Gasteiger partial charge in [-0.3, -0.25) is 9.59 Å². The van der Waals surface area contributed by atoms with E-state index in [0.29, 0.717) is 22.4 Å². The summed E-state index contributed by atoms with van der Waals surface area (Å²) in [5, 5.41) is 2.92. The second kappa shape index (κ2) is 9.46. The van der Waals surface area contributed by atoms with E-state index in [4.69, 9.17) is 46.4 Å². The summed E-state index contributed by atoms with van der Waals surface area (Å²) in [6, 6.07) is 12.8. The number of aryl methyl sites for hydroxylation is 1. The average molecular weight is 543 g/mol. The van der Waals surface area contributed by atoms with Gasteiger partial charge in [-0.1, -0.05) is 41.4 Å². The Hall–Kier alpha value is -2.18. The second-order valence-electron chi connectivity index (χ2n) is 8.17. The summed E-state index contributed by atoms with van der Waals surface area (Å²) in [5.74, 6) is -3.13. The fourth-order valence-corrected chi connectivity index (χ4v) is 5.15. The molecule has 1 amide bonds. The quantitative estimate of drug-likeness (QED) is 0.258. The monoisotopic (exact) mass is 541 g/mol. The topological polar surface area (TPSA) is 46.2 Å². The highest BCUT2D eigenvalue weighted by Crippen LogP contribution is 2.65. The van der Waals surface area contributed by atoms with Crippen LogP contribution in [0.5, 0.6) is 0 Å². The SMILES string of the molecule is Cc1cc(NC(=O)C2C(c3ccc(F)c(Cl)c3)C2(Cl)Cl)cc(C(=O)Cc2ccc(F)cc2)c1Cl. The lowest BCUT2D eigenvalue weighted by Gasteiger charge is -2.12. The van der Waals surface area contributed by atoms with Crippen molar-refractivity contribution in [3.8, 4) is 0 Å². The minimum absolute atomic E-state index is 0.0132. The van der Waals surface area contributed by atoms with Gasteiger partial charge in [-0.2, -0.15) is 0 Å². The summed E-state index contributed by atoms with van der Waals surface area (Å²) in [7, 11) is 0. The van der Waals surface area contributed by atoms with E-state index < -0.39 is 33.7 Å². The molecule has 1 N–H and O–H groups in total. The second-order valence-corrected chi connectivity index (χ2v) is 10.4. The molecular weight excluding hydrogens is 526 g/mol. The van der Waals surface area contributed by atoms with Crippen LogP contribution in [0.25, 0.3) is 0 Å². The number of alkyl halides is 2. The molecule has 176 valence electrons. The highest BCUT2D eigenvalue weighted by molar-refractivity contribution is 6.53. The Bertz CT molecular complexity index is 1290. The normalized spacial score (nSPS) is 18.4. The Kier molecular flexibility index (Phi) is 6.94. The zero-order valence-corrected chi connectivity index (χ0v) is 20.7. The van der Waals surface area contributed by atoms with Crippen molar-refractivity contribution in [3.63, 3.8) is 0 Å². The summed E-state index contributed by atoms with van der Waals surface area (Å²) < 4.78 is 25.3. The van der Waals surface area contributed by atoms with Gasteiger partial charge in [0, 0.05) is 23.6 Å². The molecule has 1 saturated carbocycles. The molecule has 4 rings (SSSR count). The first-order chi connectivity index (χ1) is 16.0. The molecule has 1 fully saturated rings. The molecule has 34 heavy (non-hydrogen) atoms. The van der Waals surface area contributed by atoms with E-state index in [1.165, 1.54) is 48.5 Å². The molecule has 3 nitrogen and oxygen atoms in total. The van der Waals surface area contributed by atoms with Gasteiger partial charge in [-0.05, 0) is 60.0 Å². The number of halogens is 6. The molecule has 3 aromatic carbocycles. The van der Waals surface area contributed by atoms with Gasteiger partial charge in [-0.25, -0.2) is 8.78 Å². The number of ketones is 1. The van der Waals surface area contributed by atoms with Crippen molar-refractivity contribution in [2.75, 3.05) is 5.32 Å². The summed E-state index contributed by atoms with van der Waals surface area (Å²) in [6.07, 6.45) is 0.0132. The van der Waals surface area contributed by atoms with Crippen molar-refractivity contribution in [2.45, 2.75) is 23.6 Å². The van der Waals surface area contributed by atoms with Crippen LogP contribution in [0.4, 0.5) is 14.5 Å². The molecule has 0 saturated heterocycles. The number of hydrogen-bond donors (Lipinski definition) is 1. The first kappa shape index (κ1) is 24.9. The number of amides is 1. The summed E-state index contributed by atoms with van der Waals surface area (Å²) in [5.41, 5.74) is 2.33. The van der Waals surface area contributed by atoms with E-state index in [0.717, 1.165) is 0 Å². The third-order valence-corrected chi connectivity index (χ3v) is 7.47. The average Bonchev–Trinajstić information content (AvgIpc) is 3.36. The van der Waals surface area contributed by atoms with Gasteiger partial charge in [-0.15, -0.1) is 23.2 Å². The van der Waals surface area contributed by atoms with E-state index >= 15 is 0 Å². The largest absolute Gasteiger partial charge is 0.326 e. The molecule has 1 aliphatic carbocycles. The van der Waals surface area contributed by atoms with Crippen LogP contribution >= 0.6 is 46.4 Å². The molecular formula is C25H17Cl4F2NO2. The molecule has 0 bridgehead atoms. The number of Topliss-reactive ketones (excluding diaryl/α,β-unsaturated/α-hetero) is 1. The smallest absolute Gasteiger partial charge is 0.231 e. The number of anilines is 1. The lowest BCUT2D eigenvalue weighted by molar-refractivity contribution is -0.117.